The molecule has 0 bridgehead atoms. The van der Waals surface area contributed by atoms with Crippen molar-refractivity contribution >= 4 is 17.8 Å². The third kappa shape index (κ3) is 3.84. The summed E-state index contributed by atoms with van der Waals surface area (Å²) >= 11 is 0. The predicted octanol–water partition coefficient (Wildman–Crippen LogP) is 0.865. The molecule has 0 spiro atoms. The molecule has 2 amide bonds. The van der Waals surface area contributed by atoms with Crippen LogP contribution in [0.2, 0.25) is 0 Å². The first-order chi connectivity index (χ1) is 10.1. The number of rotatable bonds is 4. The Hall–Kier alpha value is -2.31. The molecule has 0 aliphatic carbocycles. The van der Waals surface area contributed by atoms with Crippen LogP contribution in [0.4, 0.5) is 0 Å². The lowest BCUT2D eigenvalue weighted by Gasteiger charge is -2.26. The van der Waals surface area contributed by atoms with Crippen molar-refractivity contribution in [2.24, 2.45) is 0 Å². The van der Waals surface area contributed by atoms with Gasteiger partial charge in [-0.2, -0.15) is 0 Å². The molecule has 2 rings (SSSR count). The van der Waals surface area contributed by atoms with Gasteiger partial charge in [0.2, 0.25) is 5.91 Å². The molecular formula is C14H18N2O5. The number of carbonyl (C=O) groups excluding carboxylic acids is 2. The Bertz CT molecular complexity index is 511. The van der Waals surface area contributed by atoms with Crippen LogP contribution in [0.3, 0.4) is 0 Å². The smallest absolute Gasteiger partial charge is 0.326 e. The molecule has 0 aromatic carbocycles. The maximum atomic E-state index is 12.2. The first kappa shape index (κ1) is 15.1. The normalized spacial score (nSPS) is 18.9. The van der Waals surface area contributed by atoms with Crippen LogP contribution in [0.15, 0.2) is 22.8 Å². The molecule has 0 radical (unpaired) electrons. The van der Waals surface area contributed by atoms with E-state index in [4.69, 9.17) is 4.42 Å². The lowest BCUT2D eigenvalue weighted by Crippen LogP contribution is -2.48. The van der Waals surface area contributed by atoms with Gasteiger partial charge in [0.1, 0.15) is 6.04 Å². The van der Waals surface area contributed by atoms with Gasteiger partial charge in [-0.05, 0) is 25.0 Å². The Morgan fingerprint density at radius 3 is 2.81 bits per heavy atom. The van der Waals surface area contributed by atoms with E-state index in [0.717, 1.165) is 19.3 Å². The van der Waals surface area contributed by atoms with E-state index in [1.807, 2.05) is 0 Å². The summed E-state index contributed by atoms with van der Waals surface area (Å²) < 4.78 is 4.92. The number of carbonyl (C=O) groups is 3. The molecular weight excluding hydrogens is 276 g/mol. The first-order valence-electron chi connectivity index (χ1n) is 6.93. The number of carboxylic acid groups (broad SMARTS) is 1. The van der Waals surface area contributed by atoms with Crippen LogP contribution in [-0.2, 0) is 9.59 Å². The highest BCUT2D eigenvalue weighted by atomic mass is 16.4. The molecule has 1 fully saturated rings. The van der Waals surface area contributed by atoms with Crippen molar-refractivity contribution in [2.75, 3.05) is 13.1 Å². The minimum atomic E-state index is -0.998. The molecule has 1 saturated heterocycles. The maximum Gasteiger partial charge on any atom is 0.326 e. The monoisotopic (exact) mass is 294 g/mol. The lowest BCUT2D eigenvalue weighted by atomic mass is 10.1. The fourth-order valence-corrected chi connectivity index (χ4v) is 2.42. The third-order valence-corrected chi connectivity index (χ3v) is 3.50. The van der Waals surface area contributed by atoms with Crippen LogP contribution in [-0.4, -0.2) is 46.9 Å². The molecule has 21 heavy (non-hydrogen) atoms. The summed E-state index contributed by atoms with van der Waals surface area (Å²) in [6.45, 7) is 0.176. The highest BCUT2D eigenvalue weighted by molar-refractivity contribution is 5.94. The summed E-state index contributed by atoms with van der Waals surface area (Å²) in [5, 5.41) is 11.7. The van der Waals surface area contributed by atoms with Gasteiger partial charge >= 0.3 is 5.97 Å². The molecule has 2 N–H and O–H groups in total. The molecule has 1 aliphatic heterocycles. The number of amides is 2. The molecule has 1 atom stereocenters. The van der Waals surface area contributed by atoms with Crippen molar-refractivity contribution in [3.05, 3.63) is 24.2 Å². The number of hydrogen-bond acceptors (Lipinski definition) is 4. The zero-order valence-electron chi connectivity index (χ0n) is 11.6. The zero-order valence-corrected chi connectivity index (χ0v) is 11.6. The van der Waals surface area contributed by atoms with E-state index in [2.05, 4.69) is 5.32 Å². The van der Waals surface area contributed by atoms with Crippen molar-refractivity contribution in [1.29, 1.82) is 0 Å². The average molecular weight is 294 g/mol. The van der Waals surface area contributed by atoms with E-state index in [1.54, 1.807) is 6.07 Å². The van der Waals surface area contributed by atoms with Crippen molar-refractivity contribution < 1.29 is 23.9 Å². The number of furan rings is 1. The summed E-state index contributed by atoms with van der Waals surface area (Å²) in [6, 6.07) is 2.26. The van der Waals surface area contributed by atoms with Crippen LogP contribution in [0.1, 0.15) is 36.2 Å². The van der Waals surface area contributed by atoms with Gasteiger partial charge < -0.3 is 19.7 Å². The van der Waals surface area contributed by atoms with Gasteiger partial charge in [-0.3, -0.25) is 9.59 Å². The van der Waals surface area contributed by atoms with Crippen molar-refractivity contribution in [1.82, 2.24) is 10.2 Å². The van der Waals surface area contributed by atoms with Gasteiger partial charge in [-0.15, -0.1) is 0 Å². The second-order valence-corrected chi connectivity index (χ2v) is 4.95. The van der Waals surface area contributed by atoms with Crippen molar-refractivity contribution in [2.45, 2.75) is 31.7 Å². The summed E-state index contributed by atoms with van der Waals surface area (Å²) in [7, 11) is 0. The standard InChI is InChI=1S/C14H18N2O5/c17-12(9-15-13(18)11-6-4-8-21-11)16-7-3-1-2-5-10(16)14(19)20/h4,6,8,10H,1-3,5,7,9H2,(H,15,18)(H,19,20). The van der Waals surface area contributed by atoms with E-state index in [9.17, 15) is 19.5 Å². The van der Waals surface area contributed by atoms with Crippen LogP contribution in [0.5, 0.6) is 0 Å². The Morgan fingerprint density at radius 1 is 1.33 bits per heavy atom. The third-order valence-electron chi connectivity index (χ3n) is 3.50. The number of nitrogens with one attached hydrogen (secondary N) is 1. The zero-order chi connectivity index (χ0) is 15.2. The number of likely N-dealkylation sites (tertiary alicyclic amines) is 1. The summed E-state index contributed by atoms with van der Waals surface area (Å²) in [6.07, 6.45) is 4.30. The first-order valence-corrected chi connectivity index (χ1v) is 6.93. The Morgan fingerprint density at radius 2 is 2.14 bits per heavy atom. The number of nitrogens with zero attached hydrogens (tertiary/aromatic N) is 1. The van der Waals surface area contributed by atoms with Crippen LogP contribution in [0, 0.1) is 0 Å². The SMILES string of the molecule is O=C(NCC(=O)N1CCCCCC1C(=O)O)c1ccco1. The molecule has 2 heterocycles. The highest BCUT2D eigenvalue weighted by Gasteiger charge is 2.30. The van der Waals surface area contributed by atoms with Crippen LogP contribution >= 0.6 is 0 Å². The Balaban J connectivity index is 1.94. The summed E-state index contributed by atoms with van der Waals surface area (Å²) in [4.78, 5) is 36.4. The van der Waals surface area contributed by atoms with Gasteiger partial charge in [0, 0.05) is 6.54 Å². The van der Waals surface area contributed by atoms with E-state index < -0.39 is 17.9 Å². The summed E-state index contributed by atoms with van der Waals surface area (Å²) in [5.74, 6) is -1.75. The largest absolute Gasteiger partial charge is 0.480 e. The molecule has 7 nitrogen and oxygen atoms in total. The molecule has 1 unspecified atom stereocenters. The van der Waals surface area contributed by atoms with Gasteiger partial charge in [0.15, 0.2) is 5.76 Å². The molecule has 7 heteroatoms. The number of hydrogen-bond donors (Lipinski definition) is 2. The van der Waals surface area contributed by atoms with Gasteiger partial charge in [-0.1, -0.05) is 12.8 Å². The molecule has 1 aromatic rings. The number of aliphatic carboxylic acids is 1. The Kier molecular flexibility index (Phi) is 4.97. The second-order valence-electron chi connectivity index (χ2n) is 4.95. The van der Waals surface area contributed by atoms with Crippen LogP contribution in [0.25, 0.3) is 0 Å². The minimum absolute atomic E-state index is 0.119. The topological polar surface area (TPSA) is 99.9 Å². The van der Waals surface area contributed by atoms with Gasteiger partial charge in [-0.25, -0.2) is 4.79 Å². The van der Waals surface area contributed by atoms with Crippen molar-refractivity contribution in [3.63, 3.8) is 0 Å². The molecule has 0 saturated carbocycles. The Labute approximate surface area is 121 Å². The second kappa shape index (κ2) is 6.92. The predicted molar refractivity (Wildman–Crippen MR) is 72.6 cm³/mol. The highest BCUT2D eigenvalue weighted by Crippen LogP contribution is 2.17. The fourth-order valence-electron chi connectivity index (χ4n) is 2.42. The van der Waals surface area contributed by atoms with E-state index >= 15 is 0 Å². The fraction of sp³-hybridized carbons (Fsp3) is 0.500. The van der Waals surface area contributed by atoms with Crippen LogP contribution < -0.4 is 5.32 Å². The summed E-state index contributed by atoms with van der Waals surface area (Å²) in [5.41, 5.74) is 0. The van der Waals surface area contributed by atoms with E-state index in [-0.39, 0.29) is 18.2 Å². The maximum absolute atomic E-state index is 12.2. The minimum Gasteiger partial charge on any atom is -0.480 e. The van der Waals surface area contributed by atoms with Crippen molar-refractivity contribution in [3.8, 4) is 0 Å². The molecule has 114 valence electrons. The van der Waals surface area contributed by atoms with Gasteiger partial charge in [0.25, 0.3) is 5.91 Å². The van der Waals surface area contributed by atoms with Gasteiger partial charge in [0.05, 0.1) is 12.8 Å². The quantitative estimate of drug-likeness (QED) is 0.858. The number of carboxylic acids is 1. The average Bonchev–Trinajstić information content (AvgIpc) is 2.88. The van der Waals surface area contributed by atoms with E-state index in [1.165, 1.54) is 17.2 Å². The molecule has 1 aliphatic rings. The van der Waals surface area contributed by atoms with E-state index in [0.29, 0.717) is 13.0 Å². The molecule has 1 aromatic heterocycles. The lowest BCUT2D eigenvalue weighted by molar-refractivity contribution is -0.149.